The minimum atomic E-state index is -4.67. The average Bonchev–Trinajstić information content (AvgIpc) is 2.05. The molecule has 0 aromatic heterocycles. The monoisotopic (exact) mass is 244 g/mol. The van der Waals surface area contributed by atoms with Gasteiger partial charge >= 0.3 is 10.4 Å². The summed E-state index contributed by atoms with van der Waals surface area (Å²) < 4.78 is 31.6. The molecule has 0 bridgehead atoms. The predicted octanol–water partition coefficient (Wildman–Crippen LogP) is -0.527. The van der Waals surface area contributed by atoms with Crippen molar-refractivity contribution in [3.8, 4) is 0 Å². The molecule has 0 unspecified atom stereocenters. The van der Waals surface area contributed by atoms with Gasteiger partial charge in [-0.1, -0.05) is 12.2 Å². The van der Waals surface area contributed by atoms with Crippen molar-refractivity contribution in [3.63, 3.8) is 0 Å². The molecule has 0 spiro atoms. The summed E-state index contributed by atoms with van der Waals surface area (Å²) in [5.74, 6) is 9.14. The van der Waals surface area contributed by atoms with Gasteiger partial charge < -0.3 is 9.68 Å². The second-order valence-electron chi connectivity index (χ2n) is 1.69. The zero-order chi connectivity index (χ0) is 12.7. The van der Waals surface area contributed by atoms with Gasteiger partial charge in [0.05, 0.1) is 13.2 Å². The van der Waals surface area contributed by atoms with E-state index in [2.05, 4.69) is 34.6 Å². The molecule has 8 nitrogen and oxygen atoms in total. The average molecular weight is 244 g/mol. The van der Waals surface area contributed by atoms with Crippen LogP contribution in [-0.2, 0) is 20.1 Å². The third-order valence-electron chi connectivity index (χ3n) is 0.428. The van der Waals surface area contributed by atoms with Crippen molar-refractivity contribution in [2.75, 3.05) is 13.2 Å². The molecule has 92 valence electrons. The molecular formula is C6H16N2O6S. The van der Waals surface area contributed by atoms with Gasteiger partial charge in [0.2, 0.25) is 0 Å². The maximum atomic E-state index is 8.74. The third-order valence-corrected chi connectivity index (χ3v) is 0.428. The van der Waals surface area contributed by atoms with Crippen molar-refractivity contribution in [2.24, 2.45) is 11.8 Å². The normalized spacial score (nSPS) is 8.80. The quantitative estimate of drug-likeness (QED) is 0.293. The second-order valence-corrected chi connectivity index (χ2v) is 2.59. The minimum Gasteiger partial charge on any atom is -0.300 e. The van der Waals surface area contributed by atoms with E-state index in [9.17, 15) is 0 Å². The van der Waals surface area contributed by atoms with Gasteiger partial charge in [0.1, 0.15) is 0 Å². The molecule has 0 fully saturated rings. The van der Waals surface area contributed by atoms with E-state index in [-0.39, 0.29) is 0 Å². The van der Waals surface area contributed by atoms with Crippen molar-refractivity contribution in [1.29, 1.82) is 0 Å². The van der Waals surface area contributed by atoms with Gasteiger partial charge in [0.25, 0.3) is 0 Å². The Hall–Kier alpha value is -0.810. The van der Waals surface area contributed by atoms with E-state index in [1.165, 1.54) is 0 Å². The number of nitrogens with two attached hydrogens (primary N) is 2. The van der Waals surface area contributed by atoms with Gasteiger partial charge in [-0.3, -0.25) is 9.11 Å². The lowest BCUT2D eigenvalue weighted by Crippen LogP contribution is -1.96. The van der Waals surface area contributed by atoms with Crippen molar-refractivity contribution in [3.05, 3.63) is 25.3 Å². The van der Waals surface area contributed by atoms with Crippen LogP contribution in [0.15, 0.2) is 25.3 Å². The second kappa shape index (κ2) is 15.7. The summed E-state index contributed by atoms with van der Waals surface area (Å²) >= 11 is 0. The fourth-order valence-electron chi connectivity index (χ4n) is 0.136. The fraction of sp³-hybridized carbons (Fsp3) is 0.333. The largest absolute Gasteiger partial charge is 0.394 e. The Morgan fingerprint density at radius 1 is 1.07 bits per heavy atom. The first-order valence-corrected chi connectivity index (χ1v) is 4.78. The molecule has 0 aliphatic carbocycles. The summed E-state index contributed by atoms with van der Waals surface area (Å²) in [7, 11) is -4.67. The van der Waals surface area contributed by atoms with Crippen LogP contribution in [0.5, 0.6) is 0 Å². The maximum absolute atomic E-state index is 8.74. The summed E-state index contributed by atoms with van der Waals surface area (Å²) in [6, 6.07) is 0. The Morgan fingerprint density at radius 2 is 1.27 bits per heavy atom. The Morgan fingerprint density at radius 3 is 1.27 bits per heavy atom. The molecule has 0 aromatic rings. The molecule has 0 aliphatic heterocycles. The molecule has 0 rings (SSSR count). The summed E-state index contributed by atoms with van der Waals surface area (Å²) in [6.45, 7) is 7.55. The maximum Gasteiger partial charge on any atom is 0.394 e. The zero-order valence-electron chi connectivity index (χ0n) is 8.07. The molecule has 0 saturated carbocycles. The molecule has 0 heterocycles. The molecule has 0 saturated heterocycles. The fourth-order valence-corrected chi connectivity index (χ4v) is 0.136. The minimum absolute atomic E-state index is 0.431. The SMILES string of the molecule is C=CCON.C=CCON.O=S(=O)(O)O. The first kappa shape index (κ1) is 19.7. The smallest absolute Gasteiger partial charge is 0.300 e. The lowest BCUT2D eigenvalue weighted by atomic mass is 10.7. The Kier molecular flexibility index (Phi) is 20.6. The molecule has 0 aromatic carbocycles. The van der Waals surface area contributed by atoms with Crippen molar-refractivity contribution < 1.29 is 27.2 Å². The molecular weight excluding hydrogens is 228 g/mol. The molecule has 0 amide bonds. The molecule has 0 aliphatic rings. The molecule has 9 heteroatoms. The van der Waals surface area contributed by atoms with Crippen LogP contribution in [0.4, 0.5) is 0 Å². The van der Waals surface area contributed by atoms with E-state index in [0.29, 0.717) is 13.2 Å². The van der Waals surface area contributed by atoms with Crippen molar-refractivity contribution in [2.45, 2.75) is 0 Å². The van der Waals surface area contributed by atoms with E-state index < -0.39 is 10.4 Å². The van der Waals surface area contributed by atoms with E-state index >= 15 is 0 Å². The van der Waals surface area contributed by atoms with Crippen molar-refractivity contribution in [1.82, 2.24) is 0 Å². The highest BCUT2D eigenvalue weighted by molar-refractivity contribution is 7.79. The molecule has 15 heavy (non-hydrogen) atoms. The van der Waals surface area contributed by atoms with Gasteiger partial charge in [-0.2, -0.15) is 8.42 Å². The first-order chi connectivity index (χ1) is 6.83. The number of hydrogen-bond donors (Lipinski definition) is 4. The zero-order valence-corrected chi connectivity index (χ0v) is 8.89. The Bertz CT molecular complexity index is 210. The lowest BCUT2D eigenvalue weighted by Gasteiger charge is -1.79. The van der Waals surface area contributed by atoms with Gasteiger partial charge in [-0.15, -0.1) is 13.2 Å². The van der Waals surface area contributed by atoms with Crippen LogP contribution < -0.4 is 11.8 Å². The number of hydrogen-bond acceptors (Lipinski definition) is 6. The van der Waals surface area contributed by atoms with E-state index in [4.69, 9.17) is 17.5 Å². The topological polar surface area (TPSA) is 145 Å². The van der Waals surface area contributed by atoms with Crippen molar-refractivity contribution >= 4 is 10.4 Å². The highest BCUT2D eigenvalue weighted by Gasteiger charge is 1.84. The van der Waals surface area contributed by atoms with Crippen LogP contribution in [0.2, 0.25) is 0 Å². The van der Waals surface area contributed by atoms with E-state index in [1.54, 1.807) is 12.2 Å². The first-order valence-electron chi connectivity index (χ1n) is 3.38. The van der Waals surface area contributed by atoms with Gasteiger partial charge in [-0.25, -0.2) is 11.8 Å². The van der Waals surface area contributed by atoms with Crippen LogP contribution in [0.3, 0.4) is 0 Å². The molecule has 6 N–H and O–H groups in total. The molecule has 0 atom stereocenters. The summed E-state index contributed by atoms with van der Waals surface area (Å²) in [5.41, 5.74) is 0. The Balaban J connectivity index is -0.000000144. The third kappa shape index (κ3) is 162. The standard InChI is InChI=1S/2C3H7NO.H2O4S/c2*1-2-3-5-4;1-5(2,3)4/h2*2H,1,3-4H2;(H2,1,2,3,4). The van der Waals surface area contributed by atoms with Crippen LogP contribution in [-0.4, -0.2) is 30.7 Å². The van der Waals surface area contributed by atoms with Crippen LogP contribution in [0.25, 0.3) is 0 Å². The Labute approximate surface area is 88.6 Å². The van der Waals surface area contributed by atoms with Gasteiger partial charge in [-0.05, 0) is 0 Å². The lowest BCUT2D eigenvalue weighted by molar-refractivity contribution is 0.168. The van der Waals surface area contributed by atoms with Crippen LogP contribution in [0.1, 0.15) is 0 Å². The van der Waals surface area contributed by atoms with Gasteiger partial charge in [0.15, 0.2) is 0 Å². The highest BCUT2D eigenvalue weighted by Crippen LogP contribution is 1.59. The van der Waals surface area contributed by atoms with Gasteiger partial charge in [0, 0.05) is 0 Å². The van der Waals surface area contributed by atoms with E-state index in [0.717, 1.165) is 0 Å². The summed E-state index contributed by atoms with van der Waals surface area (Å²) in [6.07, 6.45) is 3.17. The number of rotatable bonds is 4. The summed E-state index contributed by atoms with van der Waals surface area (Å²) in [5, 5.41) is 0. The van der Waals surface area contributed by atoms with Crippen LogP contribution >= 0.6 is 0 Å². The van der Waals surface area contributed by atoms with E-state index in [1.807, 2.05) is 0 Å². The molecule has 0 radical (unpaired) electrons. The van der Waals surface area contributed by atoms with Crippen LogP contribution in [0, 0.1) is 0 Å². The predicted molar refractivity (Wildman–Crippen MR) is 54.9 cm³/mol. The highest BCUT2D eigenvalue weighted by atomic mass is 32.3. The summed E-state index contributed by atoms with van der Waals surface area (Å²) in [4.78, 5) is 8.15.